The van der Waals surface area contributed by atoms with E-state index in [9.17, 15) is 9.59 Å². The van der Waals surface area contributed by atoms with E-state index in [0.717, 1.165) is 11.1 Å². The molecule has 0 spiro atoms. The van der Waals surface area contributed by atoms with Gasteiger partial charge >= 0.3 is 5.97 Å². The predicted molar refractivity (Wildman–Crippen MR) is 171 cm³/mol. The minimum absolute atomic E-state index is 0. The standard InChI is InChI=1S/C30H38N4O5.2H2S/c1-21(2)26(32-17-23-16-29(33-18-25(23)31)39-24-12-8-5-9-13-24)14-15-28(35)34-27(30(36)37-3)20-38-19-22-10-6-4-7-11-22;;/h4-13,16,18,21,26-27,32H,14-15,17,19-20,31H2,1-3H3,(H,34,35);2*1H2/t26-,27-;;/m0../s1. The van der Waals surface area contributed by atoms with Gasteiger partial charge in [-0.2, -0.15) is 27.0 Å². The third kappa shape index (κ3) is 12.4. The smallest absolute Gasteiger partial charge is 0.330 e. The number of pyridine rings is 1. The van der Waals surface area contributed by atoms with Gasteiger partial charge in [0.1, 0.15) is 5.75 Å². The summed E-state index contributed by atoms with van der Waals surface area (Å²) in [5.74, 6) is 0.609. The first-order valence-electron chi connectivity index (χ1n) is 13.0. The van der Waals surface area contributed by atoms with E-state index in [4.69, 9.17) is 19.9 Å². The molecule has 0 saturated carbocycles. The molecule has 0 aliphatic heterocycles. The van der Waals surface area contributed by atoms with Gasteiger partial charge in [0, 0.05) is 25.1 Å². The number of esters is 1. The maximum atomic E-state index is 12.7. The van der Waals surface area contributed by atoms with Crippen molar-refractivity contribution in [2.45, 2.75) is 51.9 Å². The van der Waals surface area contributed by atoms with Crippen LogP contribution in [0.5, 0.6) is 11.6 Å². The highest BCUT2D eigenvalue weighted by atomic mass is 32.1. The maximum Gasteiger partial charge on any atom is 0.330 e. The summed E-state index contributed by atoms with van der Waals surface area (Å²) in [6.45, 7) is 5.02. The molecule has 4 N–H and O–H groups in total. The molecule has 1 amide bonds. The lowest BCUT2D eigenvalue weighted by atomic mass is 9.98. The van der Waals surface area contributed by atoms with Gasteiger partial charge in [0.15, 0.2) is 6.04 Å². The van der Waals surface area contributed by atoms with Crippen molar-refractivity contribution in [3.05, 3.63) is 84.1 Å². The summed E-state index contributed by atoms with van der Waals surface area (Å²) in [4.78, 5) is 29.2. The molecule has 0 aliphatic carbocycles. The molecule has 3 rings (SSSR count). The molecule has 2 aromatic carbocycles. The maximum absolute atomic E-state index is 12.7. The van der Waals surface area contributed by atoms with Crippen molar-refractivity contribution in [1.82, 2.24) is 15.6 Å². The number of nitrogen functional groups attached to an aromatic ring is 1. The number of rotatable bonds is 15. The van der Waals surface area contributed by atoms with Gasteiger partial charge < -0.3 is 30.6 Å². The number of aromatic nitrogens is 1. The van der Waals surface area contributed by atoms with E-state index < -0.39 is 12.0 Å². The molecular weight excluding hydrogens is 560 g/mol. The second-order valence-electron chi connectivity index (χ2n) is 9.55. The molecule has 0 bridgehead atoms. The third-order valence-electron chi connectivity index (χ3n) is 6.22. The molecule has 0 unspecified atom stereocenters. The number of carbonyl (C=O) groups excluding carboxylic acids is 2. The number of nitrogens with two attached hydrogens (primary N) is 1. The van der Waals surface area contributed by atoms with Crippen LogP contribution in [-0.2, 0) is 32.2 Å². The van der Waals surface area contributed by atoms with Gasteiger partial charge in [0.25, 0.3) is 0 Å². The number of amides is 1. The highest BCUT2D eigenvalue weighted by Crippen LogP contribution is 2.23. The first-order valence-corrected chi connectivity index (χ1v) is 13.0. The van der Waals surface area contributed by atoms with Gasteiger partial charge in [0.2, 0.25) is 11.8 Å². The molecule has 1 aromatic heterocycles. The molecule has 0 saturated heterocycles. The van der Waals surface area contributed by atoms with Crippen molar-refractivity contribution in [3.8, 4) is 11.6 Å². The Bertz CT molecular complexity index is 1190. The van der Waals surface area contributed by atoms with Crippen molar-refractivity contribution in [2.24, 2.45) is 5.92 Å². The average Bonchev–Trinajstić information content (AvgIpc) is 2.94. The minimum Gasteiger partial charge on any atom is -0.467 e. The summed E-state index contributed by atoms with van der Waals surface area (Å²) >= 11 is 0. The van der Waals surface area contributed by atoms with Crippen LogP contribution in [0.25, 0.3) is 0 Å². The van der Waals surface area contributed by atoms with Gasteiger partial charge in [-0.05, 0) is 35.6 Å². The number of benzene rings is 2. The highest BCUT2D eigenvalue weighted by molar-refractivity contribution is 7.59. The molecule has 41 heavy (non-hydrogen) atoms. The Labute approximate surface area is 256 Å². The summed E-state index contributed by atoms with van der Waals surface area (Å²) in [6.07, 6.45) is 2.39. The summed E-state index contributed by atoms with van der Waals surface area (Å²) in [5.41, 5.74) is 8.55. The number of anilines is 1. The zero-order valence-electron chi connectivity index (χ0n) is 23.8. The van der Waals surface area contributed by atoms with Crippen LogP contribution in [0.4, 0.5) is 5.69 Å². The van der Waals surface area contributed by atoms with Crippen molar-refractivity contribution >= 4 is 44.6 Å². The van der Waals surface area contributed by atoms with Crippen LogP contribution >= 0.6 is 27.0 Å². The molecule has 11 heteroatoms. The number of nitrogens with zero attached hydrogens (tertiary/aromatic N) is 1. The van der Waals surface area contributed by atoms with E-state index >= 15 is 0 Å². The van der Waals surface area contributed by atoms with Crippen molar-refractivity contribution in [2.75, 3.05) is 19.5 Å². The molecule has 3 aromatic rings. The van der Waals surface area contributed by atoms with Crippen molar-refractivity contribution in [1.29, 1.82) is 0 Å². The minimum atomic E-state index is -0.878. The van der Waals surface area contributed by atoms with Crippen LogP contribution in [0.15, 0.2) is 72.9 Å². The van der Waals surface area contributed by atoms with Gasteiger partial charge in [-0.15, -0.1) is 0 Å². The Morgan fingerprint density at radius 2 is 1.66 bits per heavy atom. The Hall–Kier alpha value is -3.25. The Kier molecular flexibility index (Phi) is 16.6. The zero-order valence-corrected chi connectivity index (χ0v) is 25.8. The van der Waals surface area contributed by atoms with E-state index in [0.29, 0.717) is 36.9 Å². The van der Waals surface area contributed by atoms with Crippen LogP contribution < -0.4 is 21.1 Å². The molecule has 0 fully saturated rings. The highest BCUT2D eigenvalue weighted by Gasteiger charge is 2.23. The fraction of sp³-hybridized carbons (Fsp3) is 0.367. The number of carbonyl (C=O) groups is 2. The van der Waals surface area contributed by atoms with E-state index in [-0.39, 0.29) is 57.9 Å². The second kappa shape index (κ2) is 19.0. The van der Waals surface area contributed by atoms with Crippen LogP contribution in [0, 0.1) is 5.92 Å². The van der Waals surface area contributed by atoms with E-state index in [1.807, 2.05) is 66.7 Å². The topological polar surface area (TPSA) is 125 Å². The Morgan fingerprint density at radius 3 is 2.29 bits per heavy atom. The van der Waals surface area contributed by atoms with E-state index in [2.05, 4.69) is 29.5 Å². The summed E-state index contributed by atoms with van der Waals surface area (Å²) in [5, 5.41) is 6.25. The first-order chi connectivity index (χ1) is 18.9. The molecule has 2 atom stereocenters. The van der Waals surface area contributed by atoms with E-state index in [1.165, 1.54) is 7.11 Å². The summed E-state index contributed by atoms with van der Waals surface area (Å²) in [7, 11) is 1.29. The van der Waals surface area contributed by atoms with Crippen LogP contribution in [0.3, 0.4) is 0 Å². The lowest BCUT2D eigenvalue weighted by Gasteiger charge is -2.23. The van der Waals surface area contributed by atoms with Crippen LogP contribution in [0.1, 0.15) is 37.8 Å². The van der Waals surface area contributed by atoms with Crippen LogP contribution in [-0.4, -0.2) is 42.7 Å². The average molecular weight is 603 g/mol. The molecule has 1 heterocycles. The predicted octanol–water partition coefficient (Wildman–Crippen LogP) is 4.45. The van der Waals surface area contributed by atoms with Crippen molar-refractivity contribution < 1.29 is 23.8 Å². The first kappa shape index (κ1) is 35.8. The van der Waals surface area contributed by atoms with Crippen molar-refractivity contribution in [3.63, 3.8) is 0 Å². The van der Waals surface area contributed by atoms with Gasteiger partial charge in [-0.1, -0.05) is 62.4 Å². The second-order valence-corrected chi connectivity index (χ2v) is 9.55. The van der Waals surface area contributed by atoms with Gasteiger partial charge in [-0.3, -0.25) is 4.79 Å². The number of ether oxygens (including phenoxy) is 3. The summed E-state index contributed by atoms with van der Waals surface area (Å²) in [6, 6.07) is 20.0. The number of hydrogen-bond acceptors (Lipinski definition) is 8. The molecule has 9 nitrogen and oxygen atoms in total. The normalized spacial score (nSPS) is 11.9. The number of nitrogens with one attached hydrogen (secondary N) is 2. The quantitative estimate of drug-likeness (QED) is 0.218. The SMILES string of the molecule is COC(=O)[C@H](COCc1ccccc1)NC(=O)CC[C@H](NCc1cc(Oc2ccccc2)ncc1N)C(C)C.S.S. The largest absolute Gasteiger partial charge is 0.467 e. The van der Waals surface area contributed by atoms with Gasteiger partial charge in [0.05, 0.1) is 32.2 Å². The lowest BCUT2D eigenvalue weighted by molar-refractivity contribution is -0.147. The Morgan fingerprint density at radius 1 is 1.00 bits per heavy atom. The number of para-hydroxylation sites is 1. The molecular formula is C30H42N4O5S2. The third-order valence-corrected chi connectivity index (χ3v) is 6.22. The Balaban J connectivity index is 0.00000420. The monoisotopic (exact) mass is 602 g/mol. The van der Waals surface area contributed by atoms with Crippen LogP contribution in [0.2, 0.25) is 0 Å². The molecule has 0 aliphatic rings. The zero-order chi connectivity index (χ0) is 28.0. The van der Waals surface area contributed by atoms with Gasteiger partial charge in [-0.25, -0.2) is 9.78 Å². The van der Waals surface area contributed by atoms with E-state index in [1.54, 1.807) is 6.20 Å². The number of methoxy groups -OCH3 is 1. The molecule has 0 radical (unpaired) electrons. The fourth-order valence-electron chi connectivity index (χ4n) is 3.95. The summed E-state index contributed by atoms with van der Waals surface area (Å²) < 4.78 is 16.3. The fourth-order valence-corrected chi connectivity index (χ4v) is 3.95. The molecule has 224 valence electrons. The number of hydrogen-bond donors (Lipinski definition) is 3. The lowest BCUT2D eigenvalue weighted by Crippen LogP contribution is -2.45.